The summed E-state index contributed by atoms with van der Waals surface area (Å²) in [6.45, 7) is 2.35. The molecule has 1 N–H and O–H groups in total. The number of ether oxygens (including phenoxy) is 1. The molecule has 3 rings (SSSR count). The molecule has 9 heteroatoms. The molecule has 2 aromatic rings. The van der Waals surface area contributed by atoms with Gasteiger partial charge in [0.25, 0.3) is 0 Å². The maximum atomic E-state index is 14.4. The molecular weight excluding hydrogens is 424 g/mol. The Balaban J connectivity index is 1.70. The zero-order valence-corrected chi connectivity index (χ0v) is 18.4. The fourth-order valence-corrected chi connectivity index (χ4v) is 4.80. The molecule has 0 saturated carbocycles. The number of halogens is 2. The maximum absolute atomic E-state index is 14.4. The number of anilines is 1. The Labute approximate surface area is 184 Å². The van der Waals surface area contributed by atoms with Crippen molar-refractivity contribution in [2.24, 2.45) is 0 Å². The normalized spacial score (nSPS) is 18.2. The highest BCUT2D eigenvalue weighted by Gasteiger charge is 2.41. The van der Waals surface area contributed by atoms with Crippen LogP contribution in [0.5, 0.6) is 5.75 Å². The van der Waals surface area contributed by atoms with Crippen molar-refractivity contribution in [3.8, 4) is 5.75 Å². The van der Waals surface area contributed by atoms with E-state index in [0.717, 1.165) is 6.07 Å². The Kier molecular flexibility index (Phi) is 7.37. The number of hydrogen-bond acceptors (Lipinski definition) is 4. The van der Waals surface area contributed by atoms with Gasteiger partial charge in [-0.2, -0.15) is 0 Å². The molecule has 2 aromatic carbocycles. The number of carbonyl (C=O) groups excluding carboxylic acids is 2. The van der Waals surface area contributed by atoms with Gasteiger partial charge < -0.3 is 19.9 Å². The summed E-state index contributed by atoms with van der Waals surface area (Å²) < 4.78 is 33.0. The number of hydrogen-bond donors (Lipinski definition) is 1. The first-order valence-corrected chi connectivity index (χ1v) is 10.9. The quantitative estimate of drug-likeness (QED) is 0.677. The van der Waals surface area contributed by atoms with E-state index in [-0.39, 0.29) is 35.8 Å². The highest BCUT2D eigenvalue weighted by atomic mass is 32.2. The van der Waals surface area contributed by atoms with Gasteiger partial charge in [0.1, 0.15) is 22.8 Å². The number of thioether (sulfide) groups is 1. The highest BCUT2D eigenvalue weighted by molar-refractivity contribution is 8.01. The van der Waals surface area contributed by atoms with Crippen molar-refractivity contribution in [1.29, 1.82) is 0 Å². The van der Waals surface area contributed by atoms with Crippen LogP contribution in [0.2, 0.25) is 0 Å². The fourth-order valence-electron chi connectivity index (χ4n) is 3.35. The smallest absolute Gasteiger partial charge is 0.321 e. The van der Waals surface area contributed by atoms with E-state index >= 15 is 0 Å². The van der Waals surface area contributed by atoms with E-state index in [1.165, 1.54) is 35.9 Å². The lowest BCUT2D eigenvalue weighted by molar-refractivity contribution is -0.130. The third-order valence-electron chi connectivity index (χ3n) is 5.11. The number of methoxy groups -OCH3 is 1. The Morgan fingerprint density at radius 1 is 1.26 bits per heavy atom. The molecule has 31 heavy (non-hydrogen) atoms. The molecule has 0 aliphatic carbocycles. The van der Waals surface area contributed by atoms with Gasteiger partial charge in [0, 0.05) is 31.8 Å². The molecular formula is C22H25F2N3O3S. The number of benzene rings is 2. The van der Waals surface area contributed by atoms with Gasteiger partial charge in [-0.1, -0.05) is 25.1 Å². The van der Waals surface area contributed by atoms with Gasteiger partial charge in [0.05, 0.1) is 18.0 Å². The van der Waals surface area contributed by atoms with Crippen LogP contribution in [0.1, 0.15) is 24.3 Å². The van der Waals surface area contributed by atoms with Crippen LogP contribution >= 0.6 is 11.8 Å². The van der Waals surface area contributed by atoms with Gasteiger partial charge in [-0.15, -0.1) is 11.8 Å². The van der Waals surface area contributed by atoms with E-state index in [2.05, 4.69) is 5.32 Å². The first-order valence-electron chi connectivity index (χ1n) is 9.91. The number of urea groups is 1. The van der Waals surface area contributed by atoms with Gasteiger partial charge in [0.15, 0.2) is 0 Å². The third-order valence-corrected chi connectivity index (χ3v) is 6.74. The molecule has 1 aliphatic rings. The molecule has 6 nitrogen and oxygen atoms in total. The lowest BCUT2D eigenvalue weighted by atomic mass is 10.1. The van der Waals surface area contributed by atoms with Crippen LogP contribution in [0, 0.1) is 11.6 Å². The van der Waals surface area contributed by atoms with E-state index in [9.17, 15) is 18.4 Å². The van der Waals surface area contributed by atoms with Gasteiger partial charge in [-0.25, -0.2) is 13.6 Å². The van der Waals surface area contributed by atoms with Crippen molar-refractivity contribution in [2.45, 2.75) is 24.0 Å². The summed E-state index contributed by atoms with van der Waals surface area (Å²) in [7, 11) is 3.13. The van der Waals surface area contributed by atoms with Gasteiger partial charge in [-0.3, -0.25) is 4.79 Å². The van der Waals surface area contributed by atoms with Crippen molar-refractivity contribution in [3.05, 3.63) is 59.7 Å². The minimum absolute atomic E-state index is 0.111. The van der Waals surface area contributed by atoms with Crippen molar-refractivity contribution in [2.75, 3.05) is 32.6 Å². The second kappa shape index (κ2) is 10.00. The average Bonchev–Trinajstić information content (AvgIpc) is 3.07. The second-order valence-electron chi connectivity index (χ2n) is 7.13. The molecule has 3 amide bonds. The maximum Gasteiger partial charge on any atom is 0.321 e. The van der Waals surface area contributed by atoms with Crippen LogP contribution in [0.4, 0.5) is 19.3 Å². The first kappa shape index (κ1) is 22.9. The van der Waals surface area contributed by atoms with Crippen molar-refractivity contribution >= 4 is 29.4 Å². The summed E-state index contributed by atoms with van der Waals surface area (Å²) in [5.41, 5.74) is 0.795. The minimum Gasteiger partial charge on any atom is -0.495 e. The van der Waals surface area contributed by atoms with Crippen molar-refractivity contribution < 1.29 is 23.1 Å². The molecule has 2 atom stereocenters. The molecule has 0 aromatic heterocycles. The molecule has 166 valence electrons. The van der Waals surface area contributed by atoms with Crippen LogP contribution in [-0.4, -0.2) is 54.2 Å². The van der Waals surface area contributed by atoms with E-state index in [4.69, 9.17) is 4.74 Å². The predicted molar refractivity (Wildman–Crippen MR) is 117 cm³/mol. The predicted octanol–water partition coefficient (Wildman–Crippen LogP) is 4.49. The Hall–Kier alpha value is -2.81. The minimum atomic E-state index is -0.686. The molecule has 1 saturated heterocycles. The SMILES string of the molecule is CCC1SC(c2ccc(F)cc2F)N(CCN(C)C(=O)Nc2ccccc2OC)C1=O. The van der Waals surface area contributed by atoms with E-state index < -0.39 is 17.0 Å². The molecule has 1 aliphatic heterocycles. The largest absolute Gasteiger partial charge is 0.495 e. The summed E-state index contributed by atoms with van der Waals surface area (Å²) in [5.74, 6) is -0.927. The standard InChI is InChI=1S/C22H25F2N3O3S/c1-4-19-20(28)27(21(31-19)15-10-9-14(23)13-16(15)24)12-11-26(2)22(29)25-17-7-5-6-8-18(17)30-3/h5-10,13,19,21H,4,11-12H2,1-3H3,(H,25,29). The van der Waals surface area contributed by atoms with Crippen molar-refractivity contribution in [1.82, 2.24) is 9.80 Å². The zero-order valence-electron chi connectivity index (χ0n) is 17.6. The zero-order chi connectivity index (χ0) is 22.5. The van der Waals surface area contributed by atoms with Gasteiger partial charge in [-0.05, 0) is 24.6 Å². The Morgan fingerprint density at radius 3 is 2.68 bits per heavy atom. The van der Waals surface area contributed by atoms with Crippen molar-refractivity contribution in [3.63, 3.8) is 0 Å². The van der Waals surface area contributed by atoms with Crippen LogP contribution < -0.4 is 10.1 Å². The number of amides is 3. The lowest BCUT2D eigenvalue weighted by Gasteiger charge is -2.27. The molecule has 0 bridgehead atoms. The molecule has 0 spiro atoms. The average molecular weight is 450 g/mol. The summed E-state index contributed by atoms with van der Waals surface area (Å²) in [6.07, 6.45) is 0.601. The summed E-state index contributed by atoms with van der Waals surface area (Å²) >= 11 is 1.35. The first-order chi connectivity index (χ1) is 14.8. The van der Waals surface area contributed by atoms with Crippen LogP contribution in [0.3, 0.4) is 0 Å². The third kappa shape index (κ3) is 5.10. The topological polar surface area (TPSA) is 61.9 Å². The molecule has 1 fully saturated rings. The van der Waals surface area contributed by atoms with E-state index in [1.807, 2.05) is 6.92 Å². The monoisotopic (exact) mass is 449 g/mol. The summed E-state index contributed by atoms with van der Waals surface area (Å²) in [6, 6.07) is 10.1. The lowest BCUT2D eigenvalue weighted by Crippen LogP contribution is -2.40. The number of nitrogens with one attached hydrogen (secondary N) is 1. The number of rotatable bonds is 7. The van der Waals surface area contributed by atoms with E-state index in [0.29, 0.717) is 17.9 Å². The Bertz CT molecular complexity index is 959. The summed E-state index contributed by atoms with van der Waals surface area (Å²) in [5, 5.41) is 1.91. The second-order valence-corrected chi connectivity index (χ2v) is 8.42. The van der Waals surface area contributed by atoms with Gasteiger partial charge >= 0.3 is 6.03 Å². The van der Waals surface area contributed by atoms with Crippen LogP contribution in [0.25, 0.3) is 0 Å². The molecule has 1 heterocycles. The van der Waals surface area contributed by atoms with Crippen LogP contribution in [0.15, 0.2) is 42.5 Å². The molecule has 0 radical (unpaired) electrons. The van der Waals surface area contributed by atoms with Crippen LogP contribution in [-0.2, 0) is 4.79 Å². The van der Waals surface area contributed by atoms with E-state index in [1.54, 1.807) is 36.2 Å². The number of nitrogens with zero attached hydrogens (tertiary/aromatic N) is 2. The number of para-hydroxylation sites is 2. The highest BCUT2D eigenvalue weighted by Crippen LogP contribution is 2.44. The summed E-state index contributed by atoms with van der Waals surface area (Å²) in [4.78, 5) is 28.4. The number of likely N-dealkylation sites (N-methyl/N-ethyl adjacent to an activating group) is 1. The Morgan fingerprint density at radius 2 is 2.00 bits per heavy atom. The molecule has 2 unspecified atom stereocenters. The number of carbonyl (C=O) groups is 2. The van der Waals surface area contributed by atoms with Gasteiger partial charge in [0.2, 0.25) is 5.91 Å². The fraction of sp³-hybridized carbons (Fsp3) is 0.364.